The van der Waals surface area contributed by atoms with E-state index in [1.165, 1.54) is 12.1 Å². The Balaban J connectivity index is 2.06. The van der Waals surface area contributed by atoms with Gasteiger partial charge in [-0.05, 0) is 24.3 Å². The number of hydrogen-bond donors (Lipinski definition) is 1. The Hall–Kier alpha value is -2.05. The molecule has 2 aromatic carbocycles. The minimum absolute atomic E-state index is 0.0782. The van der Waals surface area contributed by atoms with Crippen LogP contribution < -0.4 is 4.72 Å². The zero-order chi connectivity index (χ0) is 14.2. The first-order valence-electron chi connectivity index (χ1n) is 5.70. The molecule has 0 bridgehead atoms. The van der Waals surface area contributed by atoms with E-state index in [0.717, 1.165) is 0 Å². The van der Waals surface area contributed by atoms with Crippen LogP contribution >= 0.6 is 11.6 Å². The van der Waals surface area contributed by atoms with Crippen LogP contribution in [0.5, 0.6) is 0 Å². The highest BCUT2D eigenvalue weighted by Crippen LogP contribution is 2.31. The summed E-state index contributed by atoms with van der Waals surface area (Å²) in [6.45, 7) is 0. The quantitative estimate of drug-likeness (QED) is 0.806. The molecule has 5 nitrogen and oxygen atoms in total. The fourth-order valence-electron chi connectivity index (χ4n) is 1.81. The largest absolute Gasteiger partial charge is 0.354 e. The lowest BCUT2D eigenvalue weighted by Gasteiger charge is -2.05. The number of fused-ring (bicyclic) bond motifs is 1. The average molecular weight is 309 g/mol. The molecule has 0 saturated carbocycles. The minimum Gasteiger partial charge on any atom is -0.354 e. The van der Waals surface area contributed by atoms with Crippen molar-refractivity contribution < 1.29 is 12.9 Å². The van der Waals surface area contributed by atoms with Crippen molar-refractivity contribution in [3.63, 3.8) is 0 Å². The van der Waals surface area contributed by atoms with Crippen molar-refractivity contribution in [3.8, 4) is 0 Å². The maximum absolute atomic E-state index is 12.2. The molecule has 102 valence electrons. The first kappa shape index (κ1) is 13.0. The van der Waals surface area contributed by atoms with Crippen LogP contribution in [0.2, 0.25) is 5.02 Å². The molecule has 0 unspecified atom stereocenters. The highest BCUT2D eigenvalue weighted by Gasteiger charge is 2.19. The van der Waals surface area contributed by atoms with Crippen molar-refractivity contribution in [2.75, 3.05) is 4.72 Å². The number of rotatable bonds is 3. The molecule has 0 saturated heterocycles. The van der Waals surface area contributed by atoms with Crippen molar-refractivity contribution in [2.24, 2.45) is 0 Å². The Labute approximate surface area is 120 Å². The third-order valence-corrected chi connectivity index (χ3v) is 4.40. The second-order valence-corrected chi connectivity index (χ2v) is 6.15. The van der Waals surface area contributed by atoms with E-state index in [9.17, 15) is 8.42 Å². The summed E-state index contributed by atoms with van der Waals surface area (Å²) in [5.41, 5.74) is 0.420. The molecule has 0 amide bonds. The van der Waals surface area contributed by atoms with Gasteiger partial charge in [0.15, 0.2) is 11.4 Å². The number of sulfonamides is 1. The van der Waals surface area contributed by atoms with Crippen LogP contribution in [0.4, 0.5) is 5.82 Å². The molecule has 0 spiro atoms. The van der Waals surface area contributed by atoms with Crippen LogP contribution in [0.1, 0.15) is 0 Å². The molecule has 0 atom stereocenters. The average Bonchev–Trinajstić information content (AvgIpc) is 2.84. The Morgan fingerprint density at radius 2 is 1.80 bits per heavy atom. The molecular formula is C13H9ClN2O3S. The molecule has 0 aliphatic rings. The van der Waals surface area contributed by atoms with Gasteiger partial charge in [-0.3, -0.25) is 4.72 Å². The topological polar surface area (TPSA) is 72.2 Å². The van der Waals surface area contributed by atoms with Gasteiger partial charge < -0.3 is 4.52 Å². The van der Waals surface area contributed by atoms with Crippen LogP contribution in [0.3, 0.4) is 0 Å². The first-order chi connectivity index (χ1) is 9.58. The SMILES string of the molecule is O=S(=O)(Nc1noc2cccc(Cl)c12)c1ccccc1. The Morgan fingerprint density at radius 3 is 2.55 bits per heavy atom. The highest BCUT2D eigenvalue weighted by atomic mass is 35.5. The number of aromatic nitrogens is 1. The highest BCUT2D eigenvalue weighted by molar-refractivity contribution is 7.92. The normalized spacial score (nSPS) is 11.7. The summed E-state index contributed by atoms with van der Waals surface area (Å²) in [7, 11) is -3.72. The van der Waals surface area contributed by atoms with Crippen molar-refractivity contribution >= 4 is 38.4 Å². The zero-order valence-corrected chi connectivity index (χ0v) is 11.6. The van der Waals surface area contributed by atoms with Gasteiger partial charge in [-0.2, -0.15) is 0 Å². The van der Waals surface area contributed by atoms with Crippen LogP contribution in [0, 0.1) is 0 Å². The van der Waals surface area contributed by atoms with E-state index < -0.39 is 10.0 Å². The molecule has 0 aliphatic heterocycles. The second-order valence-electron chi connectivity index (χ2n) is 4.06. The maximum Gasteiger partial charge on any atom is 0.263 e. The Morgan fingerprint density at radius 1 is 1.05 bits per heavy atom. The monoisotopic (exact) mass is 308 g/mol. The van der Waals surface area contributed by atoms with E-state index >= 15 is 0 Å². The molecule has 1 heterocycles. The van der Waals surface area contributed by atoms with Crippen molar-refractivity contribution in [1.82, 2.24) is 5.16 Å². The Kier molecular flexibility index (Phi) is 3.11. The maximum atomic E-state index is 12.2. The fraction of sp³-hybridized carbons (Fsp3) is 0. The van der Waals surface area contributed by atoms with E-state index in [0.29, 0.717) is 16.0 Å². The predicted octanol–water partition coefficient (Wildman–Crippen LogP) is 3.28. The van der Waals surface area contributed by atoms with E-state index in [2.05, 4.69) is 9.88 Å². The van der Waals surface area contributed by atoms with Gasteiger partial charge in [0.05, 0.1) is 15.3 Å². The molecule has 20 heavy (non-hydrogen) atoms. The molecule has 3 aromatic rings. The molecule has 0 fully saturated rings. The lowest BCUT2D eigenvalue weighted by molar-refractivity contribution is 0.460. The summed E-state index contributed by atoms with van der Waals surface area (Å²) >= 11 is 6.04. The molecule has 0 radical (unpaired) electrons. The summed E-state index contributed by atoms with van der Waals surface area (Å²) in [4.78, 5) is 0.142. The van der Waals surface area contributed by atoms with Gasteiger partial charge in [-0.1, -0.05) is 41.0 Å². The summed E-state index contributed by atoms with van der Waals surface area (Å²) in [6.07, 6.45) is 0. The van der Waals surface area contributed by atoms with Crippen molar-refractivity contribution in [2.45, 2.75) is 4.90 Å². The minimum atomic E-state index is -3.72. The van der Waals surface area contributed by atoms with Gasteiger partial charge >= 0.3 is 0 Å². The van der Waals surface area contributed by atoms with Gasteiger partial charge in [0, 0.05) is 0 Å². The lowest BCUT2D eigenvalue weighted by atomic mass is 10.2. The molecule has 1 aromatic heterocycles. The number of nitrogens with zero attached hydrogens (tertiary/aromatic N) is 1. The summed E-state index contributed by atoms with van der Waals surface area (Å²) in [5, 5.41) is 4.53. The number of halogens is 1. The fourth-order valence-corrected chi connectivity index (χ4v) is 3.09. The van der Waals surface area contributed by atoms with E-state index in [1.807, 2.05) is 0 Å². The van der Waals surface area contributed by atoms with Gasteiger partial charge in [0.25, 0.3) is 10.0 Å². The first-order valence-corrected chi connectivity index (χ1v) is 7.56. The summed E-state index contributed by atoms with van der Waals surface area (Å²) in [6, 6.07) is 13.0. The van der Waals surface area contributed by atoms with Crippen LogP contribution in [0.25, 0.3) is 11.0 Å². The molecule has 1 N–H and O–H groups in total. The zero-order valence-electron chi connectivity index (χ0n) is 10.1. The van der Waals surface area contributed by atoms with Crippen LogP contribution in [0.15, 0.2) is 57.9 Å². The van der Waals surface area contributed by atoms with Gasteiger partial charge in [-0.15, -0.1) is 0 Å². The van der Waals surface area contributed by atoms with Gasteiger partial charge in [0.2, 0.25) is 0 Å². The predicted molar refractivity (Wildman–Crippen MR) is 76.3 cm³/mol. The molecule has 7 heteroatoms. The van der Waals surface area contributed by atoms with Crippen LogP contribution in [-0.4, -0.2) is 13.6 Å². The number of anilines is 1. The summed E-state index contributed by atoms with van der Waals surface area (Å²) < 4.78 is 31.9. The van der Waals surface area contributed by atoms with Crippen LogP contribution in [-0.2, 0) is 10.0 Å². The summed E-state index contributed by atoms with van der Waals surface area (Å²) in [5.74, 6) is 0.0782. The molecule has 3 rings (SSSR count). The van der Waals surface area contributed by atoms with Crippen molar-refractivity contribution in [3.05, 3.63) is 53.6 Å². The van der Waals surface area contributed by atoms with E-state index in [4.69, 9.17) is 16.1 Å². The number of benzene rings is 2. The second kappa shape index (κ2) is 4.81. The standard InChI is InChI=1S/C13H9ClN2O3S/c14-10-7-4-8-11-12(10)13(15-19-11)16-20(17,18)9-5-2-1-3-6-9/h1-8H,(H,15,16). The smallest absolute Gasteiger partial charge is 0.263 e. The van der Waals surface area contributed by atoms with Gasteiger partial charge in [-0.25, -0.2) is 8.42 Å². The number of hydrogen-bond acceptors (Lipinski definition) is 4. The van der Waals surface area contributed by atoms with E-state index in [-0.39, 0.29) is 10.7 Å². The third-order valence-electron chi connectivity index (χ3n) is 2.73. The van der Waals surface area contributed by atoms with E-state index in [1.54, 1.807) is 36.4 Å². The van der Waals surface area contributed by atoms with Gasteiger partial charge in [0.1, 0.15) is 0 Å². The molecular weight excluding hydrogens is 300 g/mol. The lowest BCUT2D eigenvalue weighted by Crippen LogP contribution is -2.13. The number of nitrogens with one attached hydrogen (secondary N) is 1. The third kappa shape index (κ3) is 2.23. The molecule has 0 aliphatic carbocycles. The Bertz CT molecular complexity index is 860. The van der Waals surface area contributed by atoms with Crippen molar-refractivity contribution in [1.29, 1.82) is 0 Å².